The van der Waals surface area contributed by atoms with Crippen LogP contribution in [0.1, 0.15) is 31.5 Å². The van der Waals surface area contributed by atoms with Gasteiger partial charge in [-0.2, -0.15) is 4.37 Å². The lowest BCUT2D eigenvalue weighted by atomic mass is 10.0. The van der Waals surface area contributed by atoms with Crippen molar-refractivity contribution in [2.45, 2.75) is 50.3 Å². The van der Waals surface area contributed by atoms with Gasteiger partial charge < -0.3 is 14.7 Å². The zero-order valence-electron chi connectivity index (χ0n) is 10.6. The molecular weight excluding hydrogens is 250 g/mol. The smallest absolute Gasteiger partial charge is 0.205 e. The Morgan fingerprint density at radius 2 is 2.11 bits per heavy atom. The van der Waals surface area contributed by atoms with Crippen LogP contribution in [0.5, 0.6) is 0 Å². The number of piperidine rings is 1. The van der Waals surface area contributed by atoms with Gasteiger partial charge in [0.15, 0.2) is 0 Å². The molecule has 1 aromatic rings. The second-order valence-corrected chi connectivity index (χ2v) is 5.88. The molecule has 0 aromatic carbocycles. The van der Waals surface area contributed by atoms with Gasteiger partial charge in [-0.05, 0) is 25.7 Å². The van der Waals surface area contributed by atoms with Crippen LogP contribution in [0.25, 0.3) is 0 Å². The Kier molecular flexibility index (Phi) is 3.50. The van der Waals surface area contributed by atoms with Gasteiger partial charge in [-0.15, -0.1) is 0 Å². The number of rotatable bonds is 4. The van der Waals surface area contributed by atoms with E-state index in [9.17, 15) is 5.11 Å². The molecule has 2 bridgehead atoms. The summed E-state index contributed by atoms with van der Waals surface area (Å²) in [6.07, 6.45) is 4.76. The molecule has 1 aromatic heterocycles. The third kappa shape index (κ3) is 2.24. The SMILES string of the molecule is COCCc1nsc(N2C3CCC2CC(O)C3)n1. The van der Waals surface area contributed by atoms with Crippen molar-refractivity contribution in [2.75, 3.05) is 18.6 Å². The highest BCUT2D eigenvalue weighted by Gasteiger charge is 2.41. The number of ether oxygens (including phenoxy) is 1. The van der Waals surface area contributed by atoms with Gasteiger partial charge in [0.05, 0.1) is 12.7 Å². The summed E-state index contributed by atoms with van der Waals surface area (Å²) in [5, 5.41) is 10.8. The molecule has 2 aliphatic heterocycles. The molecule has 2 aliphatic rings. The van der Waals surface area contributed by atoms with E-state index < -0.39 is 0 Å². The molecule has 0 saturated carbocycles. The number of anilines is 1. The fourth-order valence-corrected chi connectivity index (χ4v) is 3.96. The Bertz CT molecular complexity index is 398. The van der Waals surface area contributed by atoms with Gasteiger partial charge >= 0.3 is 0 Å². The van der Waals surface area contributed by atoms with Gasteiger partial charge in [0.25, 0.3) is 0 Å². The number of nitrogens with zero attached hydrogens (tertiary/aromatic N) is 3. The topological polar surface area (TPSA) is 58.5 Å². The molecule has 6 heteroatoms. The summed E-state index contributed by atoms with van der Waals surface area (Å²) in [6.45, 7) is 0.668. The third-order valence-corrected chi connectivity index (χ3v) is 4.68. The van der Waals surface area contributed by atoms with Crippen LogP contribution in [0, 0.1) is 0 Å². The molecule has 100 valence electrons. The zero-order valence-corrected chi connectivity index (χ0v) is 11.4. The molecule has 1 N–H and O–H groups in total. The molecule has 3 rings (SSSR count). The lowest BCUT2D eigenvalue weighted by Crippen LogP contribution is -2.44. The van der Waals surface area contributed by atoms with Gasteiger partial charge in [-0.1, -0.05) is 0 Å². The number of methoxy groups -OCH3 is 1. The van der Waals surface area contributed by atoms with Gasteiger partial charge in [-0.3, -0.25) is 0 Å². The number of hydrogen-bond acceptors (Lipinski definition) is 6. The first kappa shape index (κ1) is 12.3. The standard InChI is InChI=1S/C12H19N3O2S/c1-17-5-4-11-13-12(18-14-11)15-8-2-3-9(15)7-10(16)6-8/h8-10,16H,2-7H2,1H3. The minimum absolute atomic E-state index is 0.125. The second-order valence-electron chi connectivity index (χ2n) is 5.15. The molecule has 2 saturated heterocycles. The van der Waals surface area contributed by atoms with E-state index in [0.717, 1.165) is 30.2 Å². The first-order valence-corrected chi connectivity index (χ1v) is 7.33. The van der Waals surface area contributed by atoms with Gasteiger partial charge in [0.2, 0.25) is 5.13 Å². The maximum Gasteiger partial charge on any atom is 0.205 e. The van der Waals surface area contributed by atoms with Crippen LogP contribution in [0.4, 0.5) is 5.13 Å². The predicted molar refractivity (Wildman–Crippen MR) is 70.0 cm³/mol. The largest absolute Gasteiger partial charge is 0.393 e. The predicted octanol–water partition coefficient (Wildman–Crippen LogP) is 1.22. The highest BCUT2D eigenvalue weighted by molar-refractivity contribution is 7.09. The molecule has 2 unspecified atom stereocenters. The van der Waals surface area contributed by atoms with Crippen molar-refractivity contribution in [3.05, 3.63) is 5.82 Å². The minimum Gasteiger partial charge on any atom is -0.393 e. The second kappa shape index (κ2) is 5.11. The summed E-state index contributed by atoms with van der Waals surface area (Å²) in [5.41, 5.74) is 0. The average molecular weight is 269 g/mol. The van der Waals surface area contributed by atoms with Crippen molar-refractivity contribution in [3.63, 3.8) is 0 Å². The van der Waals surface area contributed by atoms with E-state index in [0.29, 0.717) is 18.7 Å². The first-order chi connectivity index (χ1) is 8.78. The lowest BCUT2D eigenvalue weighted by molar-refractivity contribution is 0.126. The Labute approximate surface area is 111 Å². The molecule has 0 amide bonds. The molecule has 2 atom stereocenters. The lowest BCUT2D eigenvalue weighted by Gasteiger charge is -2.36. The summed E-state index contributed by atoms with van der Waals surface area (Å²) in [6, 6.07) is 0.920. The monoisotopic (exact) mass is 269 g/mol. The van der Waals surface area contributed by atoms with Crippen molar-refractivity contribution in [1.82, 2.24) is 9.36 Å². The maximum absolute atomic E-state index is 9.80. The van der Waals surface area contributed by atoms with Crippen molar-refractivity contribution in [1.29, 1.82) is 0 Å². The molecule has 2 fully saturated rings. The van der Waals surface area contributed by atoms with Crippen LogP contribution in [-0.4, -0.2) is 46.4 Å². The van der Waals surface area contributed by atoms with E-state index in [-0.39, 0.29) is 6.10 Å². The zero-order chi connectivity index (χ0) is 12.5. The van der Waals surface area contributed by atoms with Crippen molar-refractivity contribution in [2.24, 2.45) is 0 Å². The third-order valence-electron chi connectivity index (χ3n) is 3.92. The van der Waals surface area contributed by atoms with Gasteiger partial charge in [0, 0.05) is 37.1 Å². The quantitative estimate of drug-likeness (QED) is 0.890. The van der Waals surface area contributed by atoms with Crippen molar-refractivity contribution in [3.8, 4) is 0 Å². The van der Waals surface area contributed by atoms with E-state index in [2.05, 4.69) is 14.3 Å². The Balaban J connectivity index is 1.73. The number of hydrogen-bond donors (Lipinski definition) is 1. The molecule has 18 heavy (non-hydrogen) atoms. The number of aromatic nitrogens is 2. The normalized spacial score (nSPS) is 31.0. The molecule has 0 spiro atoms. The van der Waals surface area contributed by atoms with Crippen molar-refractivity contribution >= 4 is 16.7 Å². The van der Waals surface area contributed by atoms with Crippen LogP contribution in [0.3, 0.4) is 0 Å². The van der Waals surface area contributed by atoms with E-state index in [1.807, 2.05) is 0 Å². The molecule has 3 heterocycles. The molecule has 5 nitrogen and oxygen atoms in total. The summed E-state index contributed by atoms with van der Waals surface area (Å²) >= 11 is 1.48. The number of aliphatic hydroxyl groups is 1. The fraction of sp³-hybridized carbons (Fsp3) is 0.833. The first-order valence-electron chi connectivity index (χ1n) is 6.56. The Morgan fingerprint density at radius 1 is 1.39 bits per heavy atom. The number of aliphatic hydroxyl groups excluding tert-OH is 1. The number of fused-ring (bicyclic) bond motifs is 2. The van der Waals surface area contributed by atoms with Crippen LogP contribution < -0.4 is 4.90 Å². The Morgan fingerprint density at radius 3 is 2.78 bits per heavy atom. The summed E-state index contributed by atoms with van der Waals surface area (Å²) in [7, 11) is 1.69. The van der Waals surface area contributed by atoms with Crippen LogP contribution in [0.15, 0.2) is 0 Å². The molecule has 0 radical (unpaired) electrons. The highest BCUT2D eigenvalue weighted by Crippen LogP contribution is 2.39. The summed E-state index contributed by atoms with van der Waals surface area (Å²) in [5.74, 6) is 0.877. The summed E-state index contributed by atoms with van der Waals surface area (Å²) < 4.78 is 9.44. The average Bonchev–Trinajstić information content (AvgIpc) is 2.90. The van der Waals surface area contributed by atoms with E-state index in [4.69, 9.17) is 4.74 Å². The van der Waals surface area contributed by atoms with Gasteiger partial charge in [-0.25, -0.2) is 4.98 Å². The van der Waals surface area contributed by atoms with Crippen LogP contribution in [-0.2, 0) is 11.2 Å². The highest BCUT2D eigenvalue weighted by atomic mass is 32.1. The molecule has 0 aliphatic carbocycles. The fourth-order valence-electron chi connectivity index (χ4n) is 3.11. The van der Waals surface area contributed by atoms with Crippen molar-refractivity contribution < 1.29 is 9.84 Å². The summed E-state index contributed by atoms with van der Waals surface area (Å²) in [4.78, 5) is 7.00. The van der Waals surface area contributed by atoms with Gasteiger partial charge in [0.1, 0.15) is 5.82 Å². The minimum atomic E-state index is -0.125. The Hall–Kier alpha value is -0.720. The van der Waals surface area contributed by atoms with E-state index >= 15 is 0 Å². The maximum atomic E-state index is 9.80. The van der Waals surface area contributed by atoms with Crippen LogP contribution >= 0.6 is 11.5 Å². The van der Waals surface area contributed by atoms with Crippen LogP contribution in [0.2, 0.25) is 0 Å². The van der Waals surface area contributed by atoms with E-state index in [1.165, 1.54) is 24.4 Å². The van der Waals surface area contributed by atoms with E-state index in [1.54, 1.807) is 7.11 Å². The molecular formula is C12H19N3O2S.